The molecular weight excluding hydrogens is 226 g/mol. The first-order valence-corrected chi connectivity index (χ1v) is 6.57. The van der Waals surface area contributed by atoms with E-state index in [-0.39, 0.29) is 0 Å². The minimum atomic E-state index is 0.561. The number of H-pyrrole nitrogens is 1. The summed E-state index contributed by atoms with van der Waals surface area (Å²) in [6.07, 6.45) is 4.15. The van der Waals surface area contributed by atoms with Crippen molar-refractivity contribution in [3.05, 3.63) is 29.7 Å². The second kappa shape index (κ2) is 5.87. The molecule has 0 aliphatic heterocycles. The summed E-state index contributed by atoms with van der Waals surface area (Å²) in [6.45, 7) is 7.17. The van der Waals surface area contributed by atoms with Gasteiger partial charge in [0.05, 0.1) is 6.20 Å². The molecule has 4 nitrogen and oxygen atoms in total. The summed E-state index contributed by atoms with van der Waals surface area (Å²) >= 11 is 0. The highest BCUT2D eigenvalue weighted by molar-refractivity contribution is 5.56. The van der Waals surface area contributed by atoms with Crippen molar-refractivity contribution in [3.63, 3.8) is 0 Å². The zero-order chi connectivity index (χ0) is 13.0. The summed E-state index contributed by atoms with van der Waals surface area (Å²) < 4.78 is 5.63. The Hall–Kier alpha value is -1.55. The normalized spacial score (nSPS) is 11.3. The van der Waals surface area contributed by atoms with E-state index in [1.54, 1.807) is 0 Å². The second-order valence-corrected chi connectivity index (χ2v) is 4.57. The molecule has 0 aliphatic carbocycles. The maximum absolute atomic E-state index is 5.63. The van der Waals surface area contributed by atoms with E-state index >= 15 is 0 Å². The second-order valence-electron chi connectivity index (χ2n) is 4.57. The Labute approximate surface area is 108 Å². The van der Waals surface area contributed by atoms with Gasteiger partial charge in [0.1, 0.15) is 11.5 Å². The van der Waals surface area contributed by atoms with Crippen molar-refractivity contribution in [1.82, 2.24) is 15.5 Å². The Kier molecular flexibility index (Phi) is 4.20. The number of hydrogen-bond donors (Lipinski definition) is 2. The Morgan fingerprint density at radius 1 is 1.33 bits per heavy atom. The molecule has 0 saturated carbocycles. The Morgan fingerprint density at radius 3 is 2.72 bits per heavy atom. The van der Waals surface area contributed by atoms with Crippen LogP contribution < -0.4 is 5.32 Å². The van der Waals surface area contributed by atoms with Crippen molar-refractivity contribution < 1.29 is 4.42 Å². The van der Waals surface area contributed by atoms with Crippen LogP contribution in [0.15, 0.2) is 22.7 Å². The zero-order valence-corrected chi connectivity index (χ0v) is 11.3. The lowest BCUT2D eigenvalue weighted by molar-refractivity contribution is 0.483. The van der Waals surface area contributed by atoms with Crippen LogP contribution in [0.3, 0.4) is 0 Å². The van der Waals surface area contributed by atoms with Crippen LogP contribution in [0.1, 0.15) is 38.0 Å². The van der Waals surface area contributed by atoms with Gasteiger partial charge in [-0.05, 0) is 31.9 Å². The average Bonchev–Trinajstić information content (AvgIpc) is 2.99. The van der Waals surface area contributed by atoms with Crippen LogP contribution >= 0.6 is 0 Å². The summed E-state index contributed by atoms with van der Waals surface area (Å²) in [5, 5.41) is 10.7. The predicted octanol–water partition coefficient (Wildman–Crippen LogP) is 3.26. The Bertz CT molecular complexity index is 483. The van der Waals surface area contributed by atoms with Gasteiger partial charge < -0.3 is 9.73 Å². The lowest BCUT2D eigenvalue weighted by Crippen LogP contribution is -2.27. The molecular formula is C14H21N3O. The van der Waals surface area contributed by atoms with Crippen molar-refractivity contribution in [2.24, 2.45) is 0 Å². The molecule has 2 rings (SSSR count). The third-order valence-corrected chi connectivity index (χ3v) is 3.27. The number of hydrogen-bond acceptors (Lipinski definition) is 3. The highest BCUT2D eigenvalue weighted by Gasteiger charge is 2.12. The smallest absolute Gasteiger partial charge is 0.152 e. The maximum atomic E-state index is 5.63. The number of rotatable bonds is 6. The van der Waals surface area contributed by atoms with E-state index in [0.29, 0.717) is 6.04 Å². The molecule has 0 unspecified atom stereocenters. The molecule has 98 valence electrons. The van der Waals surface area contributed by atoms with Gasteiger partial charge in [0.25, 0.3) is 0 Å². The Balaban J connectivity index is 2.08. The van der Waals surface area contributed by atoms with Crippen LogP contribution in [0.25, 0.3) is 11.5 Å². The van der Waals surface area contributed by atoms with Crippen molar-refractivity contribution in [2.75, 3.05) is 0 Å². The summed E-state index contributed by atoms with van der Waals surface area (Å²) in [4.78, 5) is 0. The van der Waals surface area contributed by atoms with Crippen molar-refractivity contribution in [3.8, 4) is 11.5 Å². The first-order valence-electron chi connectivity index (χ1n) is 6.57. The Morgan fingerprint density at radius 2 is 2.11 bits per heavy atom. The van der Waals surface area contributed by atoms with Crippen molar-refractivity contribution >= 4 is 0 Å². The van der Waals surface area contributed by atoms with Gasteiger partial charge in [0.15, 0.2) is 5.76 Å². The van der Waals surface area contributed by atoms with Crippen LogP contribution in [0, 0.1) is 6.92 Å². The molecule has 2 heterocycles. The summed E-state index contributed by atoms with van der Waals surface area (Å²) in [5.74, 6) is 1.77. The fourth-order valence-electron chi connectivity index (χ4n) is 2.06. The van der Waals surface area contributed by atoms with Gasteiger partial charge in [-0.15, -0.1) is 0 Å². The van der Waals surface area contributed by atoms with E-state index in [1.807, 2.05) is 25.3 Å². The number of nitrogens with one attached hydrogen (secondary N) is 2. The molecule has 0 spiro atoms. The lowest BCUT2D eigenvalue weighted by Gasteiger charge is -2.14. The van der Waals surface area contributed by atoms with E-state index in [0.717, 1.165) is 42.2 Å². The summed E-state index contributed by atoms with van der Waals surface area (Å²) in [6, 6.07) is 4.50. The minimum Gasteiger partial charge on any atom is -0.460 e. The molecule has 0 saturated heterocycles. The highest BCUT2D eigenvalue weighted by Crippen LogP contribution is 2.23. The van der Waals surface area contributed by atoms with Crippen molar-refractivity contribution in [2.45, 2.75) is 46.2 Å². The van der Waals surface area contributed by atoms with Crippen LogP contribution in [-0.4, -0.2) is 16.2 Å². The molecule has 0 aliphatic rings. The quantitative estimate of drug-likeness (QED) is 0.823. The van der Waals surface area contributed by atoms with Crippen LogP contribution in [0.5, 0.6) is 0 Å². The highest BCUT2D eigenvalue weighted by atomic mass is 16.3. The van der Waals surface area contributed by atoms with E-state index in [9.17, 15) is 0 Å². The standard InChI is InChI=1S/C14H21N3O/c1-4-12(5-2)15-8-11-9-16-17-14(11)13-7-6-10(3)18-13/h6-7,9,12,15H,4-5,8H2,1-3H3,(H,16,17). The number of furan rings is 1. The van der Waals surface area contributed by atoms with Gasteiger partial charge >= 0.3 is 0 Å². The van der Waals surface area contributed by atoms with E-state index in [1.165, 1.54) is 0 Å². The fraction of sp³-hybridized carbons (Fsp3) is 0.500. The number of nitrogens with zero attached hydrogens (tertiary/aromatic N) is 1. The summed E-state index contributed by atoms with van der Waals surface area (Å²) in [7, 11) is 0. The molecule has 0 fully saturated rings. The SMILES string of the molecule is CCC(CC)NCc1cn[nH]c1-c1ccc(C)o1. The van der Waals surface area contributed by atoms with Gasteiger partial charge in [-0.3, -0.25) is 5.10 Å². The largest absolute Gasteiger partial charge is 0.460 e. The number of aromatic nitrogens is 2. The molecule has 0 bridgehead atoms. The van der Waals surface area contributed by atoms with Crippen LogP contribution in [0.2, 0.25) is 0 Å². The molecule has 2 aromatic heterocycles. The minimum absolute atomic E-state index is 0.561. The molecule has 0 radical (unpaired) electrons. The van der Waals surface area contributed by atoms with Gasteiger partial charge in [-0.1, -0.05) is 13.8 Å². The molecule has 4 heteroatoms. The molecule has 2 N–H and O–H groups in total. The first kappa shape index (κ1) is 12.9. The van der Waals surface area contributed by atoms with E-state index < -0.39 is 0 Å². The monoisotopic (exact) mass is 247 g/mol. The molecule has 0 atom stereocenters. The molecule has 18 heavy (non-hydrogen) atoms. The number of aryl methyl sites for hydroxylation is 1. The number of aromatic amines is 1. The van der Waals surface area contributed by atoms with Crippen LogP contribution in [-0.2, 0) is 6.54 Å². The molecule has 0 aromatic carbocycles. The molecule has 0 amide bonds. The fourth-order valence-corrected chi connectivity index (χ4v) is 2.06. The van der Waals surface area contributed by atoms with Crippen molar-refractivity contribution in [1.29, 1.82) is 0 Å². The van der Waals surface area contributed by atoms with Gasteiger partial charge in [0.2, 0.25) is 0 Å². The zero-order valence-electron chi connectivity index (χ0n) is 11.3. The first-order chi connectivity index (χ1) is 8.74. The third kappa shape index (κ3) is 2.82. The maximum Gasteiger partial charge on any atom is 0.152 e. The predicted molar refractivity (Wildman–Crippen MR) is 72.2 cm³/mol. The molecule has 2 aromatic rings. The van der Waals surface area contributed by atoms with E-state index in [2.05, 4.69) is 29.4 Å². The summed E-state index contributed by atoms with van der Waals surface area (Å²) in [5.41, 5.74) is 2.12. The van der Waals surface area contributed by atoms with Gasteiger partial charge in [-0.2, -0.15) is 5.10 Å². The van der Waals surface area contributed by atoms with Crippen LogP contribution in [0.4, 0.5) is 0 Å². The lowest BCUT2D eigenvalue weighted by atomic mass is 10.1. The average molecular weight is 247 g/mol. The van der Waals surface area contributed by atoms with Gasteiger partial charge in [-0.25, -0.2) is 0 Å². The van der Waals surface area contributed by atoms with Gasteiger partial charge in [0, 0.05) is 18.2 Å². The third-order valence-electron chi connectivity index (χ3n) is 3.27. The van der Waals surface area contributed by atoms with E-state index in [4.69, 9.17) is 4.42 Å². The topological polar surface area (TPSA) is 53.9 Å².